The van der Waals surface area contributed by atoms with Gasteiger partial charge in [-0.2, -0.15) is 0 Å². The van der Waals surface area contributed by atoms with Crippen LogP contribution in [0.1, 0.15) is 78.1 Å². The number of nitrogens with two attached hydrogens (primary N) is 3. The van der Waals surface area contributed by atoms with E-state index in [9.17, 15) is 82.8 Å². The Morgan fingerprint density at radius 1 is 0.588 bits per heavy atom. The fraction of sp³-hybridized carbons (Fsp3) is 0.339. The van der Waals surface area contributed by atoms with E-state index in [0.717, 1.165) is 13.0 Å². The molecule has 3 aromatic rings. The number of phenolic OH excluding ortho intramolecular Hbond substituents is 1. The standard InChI is InChI=1S/C56H65N11O18/c1-27(69)48(55(82)65-39(50(77)60-2)22-28-6-4-3-5-7-28)67-53(80)38(16-19-45(59)74)63-52(79)37(15-18-44(58)73)64-54(81)40(26-68)66-51(78)36(14-17-43(57)72)62-46(75)20-21-61-49(76)29-8-11-32(35(23-29)56(83)84)47-33-12-9-30(70)24-41(33)85-42-25-31(71)10-13-34(42)47/h3-13,23-25,27,36-40,48,68-70H,14-22,26H2,1-2H3,(H2,57,72)(H2,58,73)(H2,59,74)(H,60,77)(H,61,76)(H,62,75)(H,63,79)(H,64,81)(H,65,82)(H,66,78)(H,67,80)(H,83,84)/t27?,36-,37-,38-,39-,40-,48-/m0/s1. The van der Waals surface area contributed by atoms with Gasteiger partial charge < -0.3 is 84.6 Å². The molecule has 452 valence electrons. The number of nitrogens with one attached hydrogen (secondary N) is 8. The highest BCUT2D eigenvalue weighted by atomic mass is 16.4. The normalized spacial score (nSPS) is 13.5. The van der Waals surface area contributed by atoms with E-state index in [1.165, 1.54) is 55.6 Å². The number of hydrogen-bond donors (Lipinski definition) is 15. The number of aliphatic hydroxyl groups is 2. The number of fused-ring (bicyclic) bond motifs is 2. The Kier molecular flexibility index (Phi) is 23.6. The average Bonchev–Trinajstić information content (AvgIpc) is 1.19. The molecule has 0 radical (unpaired) electrons. The smallest absolute Gasteiger partial charge is 0.336 e. The lowest BCUT2D eigenvalue weighted by Gasteiger charge is -2.28. The molecule has 7 atom stereocenters. The second-order valence-electron chi connectivity index (χ2n) is 19.5. The van der Waals surface area contributed by atoms with Gasteiger partial charge in [-0.1, -0.05) is 36.4 Å². The van der Waals surface area contributed by atoms with Gasteiger partial charge in [-0.25, -0.2) is 4.79 Å². The van der Waals surface area contributed by atoms with E-state index in [1.54, 1.807) is 30.3 Å². The molecule has 5 rings (SSSR count). The summed E-state index contributed by atoms with van der Waals surface area (Å²) in [5, 5.41) is 60.5. The lowest BCUT2D eigenvalue weighted by Crippen LogP contribution is -2.61. The van der Waals surface area contributed by atoms with Crippen LogP contribution in [0.15, 0.2) is 94.1 Å². The van der Waals surface area contributed by atoms with Gasteiger partial charge in [0, 0.05) is 79.9 Å². The SMILES string of the molecule is CNC(=O)[C@H](Cc1ccccc1)NC(=O)[C@@H](NC(=O)[C@H](CCC(N)=O)NC(=O)[C@H](CCC(N)=O)NC(=O)[C@H](CO)NC(=O)[C@H](CCC(N)=O)NC(=O)CCNC(=O)c1ccc(-c2c3ccc(=O)cc-3oc3cc(O)ccc23)c(C(=O)O)c1)C(C)O. The number of carbonyl (C=O) groups excluding carboxylic acids is 11. The maximum atomic E-state index is 13.9. The predicted molar refractivity (Wildman–Crippen MR) is 300 cm³/mol. The number of carbonyl (C=O) groups is 12. The van der Waals surface area contributed by atoms with Crippen LogP contribution in [-0.4, -0.2) is 154 Å². The van der Waals surface area contributed by atoms with Crippen molar-refractivity contribution in [3.05, 3.63) is 112 Å². The van der Waals surface area contributed by atoms with Gasteiger partial charge in [-0.05, 0) is 73.7 Å². The Morgan fingerprint density at radius 3 is 1.68 bits per heavy atom. The first-order valence-corrected chi connectivity index (χ1v) is 26.4. The molecule has 85 heavy (non-hydrogen) atoms. The number of amides is 11. The maximum Gasteiger partial charge on any atom is 0.336 e. The first-order chi connectivity index (χ1) is 40.3. The number of rotatable bonds is 31. The topological polar surface area (TPSA) is 490 Å². The quantitative estimate of drug-likeness (QED) is 0.0199. The average molecular weight is 1180 g/mol. The van der Waals surface area contributed by atoms with Gasteiger partial charge in [0.1, 0.15) is 53.3 Å². The van der Waals surface area contributed by atoms with Crippen LogP contribution in [0.3, 0.4) is 0 Å². The summed E-state index contributed by atoms with van der Waals surface area (Å²) >= 11 is 0. The van der Waals surface area contributed by atoms with Crippen molar-refractivity contribution < 1.29 is 82.4 Å². The van der Waals surface area contributed by atoms with Crippen molar-refractivity contribution >= 4 is 81.9 Å². The van der Waals surface area contributed by atoms with Crippen LogP contribution in [0.25, 0.3) is 33.4 Å². The van der Waals surface area contributed by atoms with Crippen molar-refractivity contribution in [1.82, 2.24) is 42.5 Å². The number of carboxylic acids is 1. The van der Waals surface area contributed by atoms with Crippen LogP contribution in [-0.2, 0) is 54.4 Å². The minimum Gasteiger partial charge on any atom is -0.508 e. The zero-order valence-corrected chi connectivity index (χ0v) is 45.9. The number of hydrogen-bond acceptors (Lipinski definition) is 17. The summed E-state index contributed by atoms with van der Waals surface area (Å²) in [5.74, 6) is -12.5. The minimum atomic E-state index is -1.92. The molecule has 1 aliphatic carbocycles. The molecule has 29 nitrogen and oxygen atoms in total. The zero-order chi connectivity index (χ0) is 62.7. The minimum absolute atomic E-state index is 0.00750. The molecule has 1 heterocycles. The molecular weight excluding hydrogens is 1110 g/mol. The summed E-state index contributed by atoms with van der Waals surface area (Å²) in [6.45, 7) is -0.410. The highest BCUT2D eigenvalue weighted by Crippen LogP contribution is 2.42. The monoisotopic (exact) mass is 1180 g/mol. The molecule has 3 aromatic carbocycles. The Balaban J connectivity index is 1.25. The molecular formula is C56H65N11O18. The van der Waals surface area contributed by atoms with Crippen molar-refractivity contribution in [3.63, 3.8) is 0 Å². The molecule has 0 fully saturated rings. The van der Waals surface area contributed by atoms with Crippen molar-refractivity contribution in [3.8, 4) is 28.2 Å². The van der Waals surface area contributed by atoms with Crippen molar-refractivity contribution in [1.29, 1.82) is 0 Å². The molecule has 0 spiro atoms. The van der Waals surface area contributed by atoms with Crippen molar-refractivity contribution in [2.75, 3.05) is 20.2 Å². The fourth-order valence-corrected chi connectivity index (χ4v) is 8.72. The number of aromatic hydroxyl groups is 1. The Hall–Kier alpha value is -10.3. The van der Waals surface area contributed by atoms with E-state index in [1.807, 2.05) is 0 Å². The molecule has 11 amide bonds. The largest absolute Gasteiger partial charge is 0.508 e. The molecule has 2 aliphatic rings. The van der Waals surface area contributed by atoms with E-state index < -0.39 is 177 Å². The second kappa shape index (κ2) is 30.7. The van der Waals surface area contributed by atoms with Crippen LogP contribution in [0, 0.1) is 0 Å². The molecule has 1 aliphatic heterocycles. The molecule has 0 saturated heterocycles. The highest BCUT2D eigenvalue weighted by Gasteiger charge is 2.35. The van der Waals surface area contributed by atoms with E-state index >= 15 is 0 Å². The first-order valence-electron chi connectivity index (χ1n) is 26.4. The molecule has 0 saturated carbocycles. The lowest BCUT2D eigenvalue weighted by molar-refractivity contribution is -0.137. The number of benzene rings is 4. The zero-order valence-electron chi connectivity index (χ0n) is 45.9. The van der Waals surface area contributed by atoms with Gasteiger partial charge in [0.2, 0.25) is 59.1 Å². The third kappa shape index (κ3) is 18.9. The maximum absolute atomic E-state index is 13.9. The third-order valence-electron chi connectivity index (χ3n) is 13.1. The van der Waals surface area contributed by atoms with Crippen LogP contribution in [0.2, 0.25) is 0 Å². The number of phenols is 1. The Bertz CT molecular complexity index is 3370. The van der Waals surface area contributed by atoms with Gasteiger partial charge in [-0.3, -0.25) is 57.5 Å². The van der Waals surface area contributed by atoms with E-state index in [-0.39, 0.29) is 40.2 Å². The molecule has 29 heteroatoms. The summed E-state index contributed by atoms with van der Waals surface area (Å²) in [5.41, 5.74) is 16.7. The van der Waals surface area contributed by atoms with Gasteiger partial charge in [0.15, 0.2) is 5.43 Å². The molecule has 0 bridgehead atoms. The van der Waals surface area contributed by atoms with Gasteiger partial charge >= 0.3 is 5.97 Å². The summed E-state index contributed by atoms with van der Waals surface area (Å²) in [4.78, 5) is 169. The second-order valence-corrected chi connectivity index (χ2v) is 19.5. The van der Waals surface area contributed by atoms with E-state index in [4.69, 9.17) is 21.6 Å². The lowest BCUT2D eigenvalue weighted by atomic mass is 9.90. The number of aliphatic hydroxyl groups excluding tert-OH is 2. The first kappa shape index (κ1) is 65.5. The molecule has 1 unspecified atom stereocenters. The van der Waals surface area contributed by atoms with E-state index in [0.29, 0.717) is 22.1 Å². The number of aromatic carboxylic acids is 1. The number of primary amides is 3. The Morgan fingerprint density at radius 2 is 1.13 bits per heavy atom. The fourth-order valence-electron chi connectivity index (χ4n) is 8.72. The van der Waals surface area contributed by atoms with Gasteiger partial charge in [-0.15, -0.1) is 0 Å². The summed E-state index contributed by atoms with van der Waals surface area (Å²) < 4.78 is 5.85. The van der Waals surface area contributed by atoms with Crippen LogP contribution < -0.4 is 65.2 Å². The van der Waals surface area contributed by atoms with Crippen LogP contribution in [0.4, 0.5) is 0 Å². The number of likely N-dealkylation sites (N-methyl/N-ethyl adjacent to an activating group) is 1. The van der Waals surface area contributed by atoms with E-state index in [2.05, 4.69) is 42.5 Å². The molecule has 18 N–H and O–H groups in total. The highest BCUT2D eigenvalue weighted by molar-refractivity contribution is 6.09. The van der Waals surface area contributed by atoms with Crippen LogP contribution >= 0.6 is 0 Å². The summed E-state index contributed by atoms with van der Waals surface area (Å²) in [7, 11) is 1.33. The molecule has 0 aromatic heterocycles. The third-order valence-corrected chi connectivity index (χ3v) is 13.1. The van der Waals surface area contributed by atoms with Gasteiger partial charge in [0.25, 0.3) is 5.91 Å². The summed E-state index contributed by atoms with van der Waals surface area (Å²) in [6, 6.07) is 10.4. The predicted octanol–water partition coefficient (Wildman–Crippen LogP) is -2.84. The van der Waals surface area contributed by atoms with Crippen LogP contribution in [0.5, 0.6) is 5.75 Å². The van der Waals surface area contributed by atoms with Gasteiger partial charge in [0.05, 0.1) is 18.3 Å². The number of carboxylic acid groups (broad SMARTS) is 1. The Labute approximate surface area is 483 Å². The van der Waals surface area contributed by atoms with Crippen molar-refractivity contribution in [2.24, 2.45) is 17.2 Å². The summed E-state index contributed by atoms with van der Waals surface area (Å²) in [6.07, 6.45) is -5.25. The van der Waals surface area contributed by atoms with Crippen molar-refractivity contribution in [2.45, 2.75) is 101 Å².